The first kappa shape index (κ1) is 23.2. The van der Waals surface area contributed by atoms with Crippen LogP contribution in [0.25, 0.3) is 0 Å². The molecule has 1 aliphatic heterocycles. The number of nitrogens with zero attached hydrogens (tertiary/aromatic N) is 2. The lowest BCUT2D eigenvalue weighted by Gasteiger charge is -2.25. The summed E-state index contributed by atoms with van der Waals surface area (Å²) in [7, 11) is 0. The van der Waals surface area contributed by atoms with E-state index in [1.165, 1.54) is 12.1 Å². The molecule has 2 amide bonds. The van der Waals surface area contributed by atoms with E-state index in [9.17, 15) is 22.8 Å². The van der Waals surface area contributed by atoms with Crippen LogP contribution in [-0.2, 0) is 15.8 Å². The highest BCUT2D eigenvalue weighted by Crippen LogP contribution is 2.30. The average Bonchev–Trinajstić information content (AvgIpc) is 2.77. The topological polar surface area (TPSA) is 64.7 Å². The summed E-state index contributed by atoms with van der Waals surface area (Å²) in [5.74, 6) is -0.392. The monoisotopic (exact) mass is 414 g/mol. The fourth-order valence-corrected chi connectivity index (χ4v) is 3.18. The van der Waals surface area contributed by atoms with Crippen molar-refractivity contribution in [2.75, 3.05) is 44.6 Å². The lowest BCUT2D eigenvalue weighted by Crippen LogP contribution is -2.46. The van der Waals surface area contributed by atoms with Crippen molar-refractivity contribution in [2.24, 2.45) is 0 Å². The van der Waals surface area contributed by atoms with E-state index >= 15 is 0 Å². The fraction of sp³-hybridized carbons (Fsp3) is 0.600. The van der Waals surface area contributed by atoms with Gasteiger partial charge in [-0.3, -0.25) is 19.4 Å². The van der Waals surface area contributed by atoms with Gasteiger partial charge in [0, 0.05) is 24.3 Å². The van der Waals surface area contributed by atoms with Gasteiger partial charge in [-0.15, -0.1) is 0 Å². The minimum atomic E-state index is -4.45. The average molecular weight is 414 g/mol. The van der Waals surface area contributed by atoms with Crippen LogP contribution in [0.3, 0.4) is 0 Å². The molecule has 9 heteroatoms. The fourth-order valence-electron chi connectivity index (χ4n) is 3.18. The van der Waals surface area contributed by atoms with Gasteiger partial charge in [-0.05, 0) is 58.5 Å². The van der Waals surface area contributed by atoms with Crippen LogP contribution in [0.4, 0.5) is 18.9 Å². The van der Waals surface area contributed by atoms with E-state index in [0.717, 1.165) is 25.1 Å². The molecule has 1 aromatic carbocycles. The van der Waals surface area contributed by atoms with E-state index in [1.807, 2.05) is 30.6 Å². The van der Waals surface area contributed by atoms with Gasteiger partial charge in [0.1, 0.15) is 0 Å². The summed E-state index contributed by atoms with van der Waals surface area (Å²) in [5.41, 5.74) is -0.953. The molecule has 0 bridgehead atoms. The Labute approximate surface area is 169 Å². The number of rotatable bonds is 5. The van der Waals surface area contributed by atoms with Crippen molar-refractivity contribution in [2.45, 2.75) is 38.9 Å². The van der Waals surface area contributed by atoms with Crippen molar-refractivity contribution in [1.29, 1.82) is 0 Å². The molecule has 6 nitrogen and oxygen atoms in total. The molecule has 1 aromatic rings. The third kappa shape index (κ3) is 8.41. The van der Waals surface area contributed by atoms with Crippen LogP contribution in [0.1, 0.15) is 32.8 Å². The Hall–Kier alpha value is -2.13. The number of hydrogen-bond donors (Lipinski definition) is 2. The summed E-state index contributed by atoms with van der Waals surface area (Å²) in [6.45, 7) is 8.89. The summed E-state index contributed by atoms with van der Waals surface area (Å²) in [6, 6.07) is 4.60. The van der Waals surface area contributed by atoms with Gasteiger partial charge in [0.15, 0.2) is 0 Å². The Balaban J connectivity index is 1.82. The van der Waals surface area contributed by atoms with Gasteiger partial charge >= 0.3 is 6.18 Å². The number of amides is 2. The van der Waals surface area contributed by atoms with E-state index in [4.69, 9.17) is 0 Å². The van der Waals surface area contributed by atoms with E-state index in [-0.39, 0.29) is 29.6 Å². The molecule has 0 aliphatic carbocycles. The zero-order valence-electron chi connectivity index (χ0n) is 17.1. The second kappa shape index (κ2) is 9.58. The lowest BCUT2D eigenvalue weighted by atomic mass is 10.1. The third-order valence-corrected chi connectivity index (χ3v) is 4.40. The number of benzene rings is 1. The second-order valence-electron chi connectivity index (χ2n) is 8.33. The molecular weight excluding hydrogens is 385 g/mol. The standard InChI is InChI=1S/C20H29F3N4O2/c1-19(2,3)25-18(29)14-27-9-5-8-26(10-11-27)13-17(28)24-16-7-4-6-15(12-16)20(21,22)23/h4,6-7,12H,5,8-11,13-14H2,1-3H3,(H,24,28)(H,25,29). The molecule has 0 saturated carbocycles. The van der Waals surface area contributed by atoms with Gasteiger partial charge < -0.3 is 10.6 Å². The van der Waals surface area contributed by atoms with E-state index in [1.54, 1.807) is 0 Å². The Morgan fingerprint density at radius 3 is 2.10 bits per heavy atom. The molecule has 0 aromatic heterocycles. The summed E-state index contributed by atoms with van der Waals surface area (Å²) < 4.78 is 38.4. The van der Waals surface area contributed by atoms with Crippen LogP contribution in [0.5, 0.6) is 0 Å². The number of anilines is 1. The molecule has 0 unspecified atom stereocenters. The number of alkyl halides is 3. The smallest absolute Gasteiger partial charge is 0.350 e. The number of hydrogen-bond acceptors (Lipinski definition) is 4. The van der Waals surface area contributed by atoms with E-state index < -0.39 is 11.7 Å². The van der Waals surface area contributed by atoms with Crippen LogP contribution >= 0.6 is 0 Å². The molecule has 1 saturated heterocycles. The van der Waals surface area contributed by atoms with Crippen LogP contribution < -0.4 is 10.6 Å². The first-order chi connectivity index (χ1) is 13.4. The van der Waals surface area contributed by atoms with Crippen LogP contribution in [0.15, 0.2) is 24.3 Å². The second-order valence-corrected chi connectivity index (χ2v) is 8.33. The maximum absolute atomic E-state index is 12.8. The lowest BCUT2D eigenvalue weighted by molar-refractivity contribution is -0.137. The number of nitrogens with one attached hydrogen (secondary N) is 2. The van der Waals surface area contributed by atoms with Crippen molar-refractivity contribution in [1.82, 2.24) is 15.1 Å². The maximum Gasteiger partial charge on any atom is 0.416 e. The molecule has 1 heterocycles. The molecular formula is C20H29F3N4O2. The Bertz CT molecular complexity index is 716. The van der Waals surface area contributed by atoms with Gasteiger partial charge in [0.05, 0.1) is 18.7 Å². The van der Waals surface area contributed by atoms with Crippen LogP contribution in [0, 0.1) is 0 Å². The van der Waals surface area contributed by atoms with Gasteiger partial charge in [-0.1, -0.05) is 6.07 Å². The number of carbonyl (C=O) groups excluding carboxylic acids is 2. The van der Waals surface area contributed by atoms with Crippen LogP contribution in [-0.4, -0.2) is 66.4 Å². The Kier molecular flexibility index (Phi) is 7.65. The highest BCUT2D eigenvalue weighted by Gasteiger charge is 2.30. The largest absolute Gasteiger partial charge is 0.416 e. The zero-order chi connectivity index (χ0) is 21.7. The Morgan fingerprint density at radius 1 is 0.966 bits per heavy atom. The molecule has 2 rings (SSSR count). The molecule has 0 spiro atoms. The SMILES string of the molecule is CC(C)(C)NC(=O)CN1CCCN(CC(=O)Nc2cccc(C(F)(F)F)c2)CC1. The highest BCUT2D eigenvalue weighted by molar-refractivity contribution is 5.92. The molecule has 162 valence electrons. The van der Waals surface area contributed by atoms with Gasteiger partial charge in [-0.2, -0.15) is 13.2 Å². The summed E-state index contributed by atoms with van der Waals surface area (Å²) in [5, 5.41) is 5.47. The van der Waals surface area contributed by atoms with Gasteiger partial charge in [0.2, 0.25) is 11.8 Å². The first-order valence-electron chi connectivity index (χ1n) is 9.65. The van der Waals surface area contributed by atoms with Gasteiger partial charge in [-0.25, -0.2) is 0 Å². The van der Waals surface area contributed by atoms with E-state index in [2.05, 4.69) is 10.6 Å². The predicted octanol–water partition coefficient (Wildman–Crippen LogP) is 2.57. The molecule has 29 heavy (non-hydrogen) atoms. The minimum absolute atomic E-state index is 0.0340. The molecule has 0 radical (unpaired) electrons. The summed E-state index contributed by atoms with van der Waals surface area (Å²) in [4.78, 5) is 28.3. The predicted molar refractivity (Wildman–Crippen MR) is 105 cm³/mol. The zero-order valence-corrected chi connectivity index (χ0v) is 17.1. The minimum Gasteiger partial charge on any atom is -0.350 e. The quantitative estimate of drug-likeness (QED) is 0.777. The van der Waals surface area contributed by atoms with Crippen molar-refractivity contribution in [3.8, 4) is 0 Å². The Morgan fingerprint density at radius 2 is 1.55 bits per heavy atom. The van der Waals surface area contributed by atoms with Crippen molar-refractivity contribution in [3.05, 3.63) is 29.8 Å². The highest BCUT2D eigenvalue weighted by atomic mass is 19.4. The number of halogens is 3. The summed E-state index contributed by atoms with van der Waals surface area (Å²) >= 11 is 0. The van der Waals surface area contributed by atoms with Crippen molar-refractivity contribution >= 4 is 17.5 Å². The van der Waals surface area contributed by atoms with Crippen molar-refractivity contribution in [3.63, 3.8) is 0 Å². The molecule has 0 atom stereocenters. The molecule has 1 aliphatic rings. The van der Waals surface area contributed by atoms with Crippen molar-refractivity contribution < 1.29 is 22.8 Å². The summed E-state index contributed by atoms with van der Waals surface area (Å²) in [6.07, 6.45) is -3.64. The van der Waals surface area contributed by atoms with Crippen LogP contribution in [0.2, 0.25) is 0 Å². The first-order valence-corrected chi connectivity index (χ1v) is 9.65. The third-order valence-electron chi connectivity index (χ3n) is 4.40. The van der Waals surface area contributed by atoms with E-state index in [0.29, 0.717) is 26.2 Å². The molecule has 1 fully saturated rings. The van der Waals surface area contributed by atoms with Gasteiger partial charge in [0.25, 0.3) is 0 Å². The maximum atomic E-state index is 12.8. The number of carbonyl (C=O) groups is 2. The normalized spacial score (nSPS) is 16.9. The molecule has 2 N–H and O–H groups in total.